The average Bonchev–Trinajstić information content (AvgIpc) is 3.36. The molecule has 5 rings (SSSR count). The molecule has 1 saturated heterocycles. The number of phenols is 1. The van der Waals surface area contributed by atoms with Crippen molar-refractivity contribution in [3.8, 4) is 5.75 Å². The smallest absolute Gasteiger partial charge is 0.136 e. The Kier molecular flexibility index (Phi) is 4.16. The van der Waals surface area contributed by atoms with Crippen LogP contribution in [0.1, 0.15) is 50.2 Å². The summed E-state index contributed by atoms with van der Waals surface area (Å²) in [6.45, 7) is 4.50. The molecule has 1 heterocycles. The largest absolute Gasteiger partial charge is 0.508 e. The lowest BCUT2D eigenvalue weighted by atomic mass is 9.50. The molecule has 4 atom stereocenters. The van der Waals surface area contributed by atoms with Crippen molar-refractivity contribution in [2.24, 2.45) is 17.8 Å². The molecule has 4 aliphatic rings. The highest BCUT2D eigenvalue weighted by molar-refractivity contribution is 5.85. The molecule has 1 aromatic rings. The van der Waals surface area contributed by atoms with Gasteiger partial charge in [-0.2, -0.15) is 0 Å². The second-order valence-corrected chi connectivity index (χ2v) is 8.84. The quantitative estimate of drug-likeness (QED) is 0.873. The van der Waals surface area contributed by atoms with Crippen LogP contribution in [0.4, 0.5) is 0 Å². The Morgan fingerprint density at radius 1 is 1.32 bits per heavy atom. The van der Waals surface area contributed by atoms with E-state index in [4.69, 9.17) is 0 Å². The summed E-state index contributed by atoms with van der Waals surface area (Å²) in [6, 6.07) is 6.49. The Morgan fingerprint density at radius 2 is 2.12 bits per heavy atom. The lowest BCUT2D eigenvalue weighted by Crippen LogP contribution is -2.63. The summed E-state index contributed by atoms with van der Waals surface area (Å²) < 4.78 is 0. The maximum absolute atomic E-state index is 12.6. The number of aromatic hydroxyl groups is 1. The van der Waals surface area contributed by atoms with Crippen LogP contribution in [0.25, 0.3) is 0 Å². The van der Waals surface area contributed by atoms with Gasteiger partial charge in [0.05, 0.1) is 0 Å². The van der Waals surface area contributed by atoms with Gasteiger partial charge in [-0.25, -0.2) is 0 Å². The van der Waals surface area contributed by atoms with E-state index in [0.29, 0.717) is 29.9 Å². The van der Waals surface area contributed by atoms with Crippen molar-refractivity contribution in [1.82, 2.24) is 4.90 Å². The number of phenolic OH excluding ortho intramolecular Hbond substituents is 1. The van der Waals surface area contributed by atoms with Crippen LogP contribution in [0.5, 0.6) is 5.75 Å². The molecule has 0 aromatic heterocycles. The molecule has 3 aliphatic carbocycles. The van der Waals surface area contributed by atoms with Crippen molar-refractivity contribution in [2.75, 3.05) is 13.1 Å². The van der Waals surface area contributed by atoms with Crippen LogP contribution in [0.2, 0.25) is 0 Å². The normalized spacial score (nSPS) is 37.0. The molecule has 136 valence electrons. The fourth-order valence-corrected chi connectivity index (χ4v) is 5.91. The number of hydrogen-bond donors (Lipinski definition) is 1. The molecule has 3 fully saturated rings. The number of fused-ring (bicyclic) bond motifs is 1. The number of carbonyl (C=O) groups excluding carboxylic acids is 1. The van der Waals surface area contributed by atoms with Crippen molar-refractivity contribution in [2.45, 2.75) is 56.9 Å². The second-order valence-electron chi connectivity index (χ2n) is 8.84. The first-order valence-electron chi connectivity index (χ1n) is 9.66. The number of nitrogens with zero attached hydrogens (tertiary/aromatic N) is 1. The highest BCUT2D eigenvalue weighted by atomic mass is 35.5. The minimum atomic E-state index is -0.0133. The average molecular weight is 362 g/mol. The number of benzene rings is 1. The first-order valence-corrected chi connectivity index (χ1v) is 9.66. The van der Waals surface area contributed by atoms with Gasteiger partial charge in [-0.15, -0.1) is 12.4 Å². The predicted octanol–water partition coefficient (Wildman–Crippen LogP) is 3.71. The van der Waals surface area contributed by atoms with Crippen LogP contribution in [0.3, 0.4) is 0 Å². The van der Waals surface area contributed by atoms with Crippen LogP contribution in [-0.4, -0.2) is 34.9 Å². The molecule has 1 aliphatic heterocycles. The van der Waals surface area contributed by atoms with Crippen molar-refractivity contribution >= 4 is 18.2 Å². The number of likely N-dealkylation sites (tertiary alicyclic amines) is 1. The summed E-state index contributed by atoms with van der Waals surface area (Å²) >= 11 is 0. The first-order chi connectivity index (χ1) is 11.6. The number of Topliss-reactive ketones (excluding diaryl/α,β-unsaturated/α-hetero) is 1. The molecule has 0 unspecified atom stereocenters. The molecule has 0 radical (unpaired) electrons. The molecule has 25 heavy (non-hydrogen) atoms. The van der Waals surface area contributed by atoms with Crippen LogP contribution >= 0.6 is 12.4 Å². The number of halogens is 1. The summed E-state index contributed by atoms with van der Waals surface area (Å²) in [4.78, 5) is 15.4. The van der Waals surface area contributed by atoms with Gasteiger partial charge in [-0.05, 0) is 73.7 Å². The third kappa shape index (κ3) is 2.62. The number of piperidine rings is 1. The molecule has 0 amide bonds. The predicted molar refractivity (Wildman–Crippen MR) is 100 cm³/mol. The van der Waals surface area contributed by atoms with Crippen molar-refractivity contribution in [1.29, 1.82) is 0 Å². The van der Waals surface area contributed by atoms with E-state index in [-0.39, 0.29) is 23.7 Å². The van der Waals surface area contributed by atoms with Gasteiger partial charge in [0.15, 0.2) is 0 Å². The van der Waals surface area contributed by atoms with E-state index < -0.39 is 0 Å². The van der Waals surface area contributed by atoms with Crippen molar-refractivity contribution in [3.05, 3.63) is 29.3 Å². The van der Waals surface area contributed by atoms with Crippen LogP contribution in [-0.2, 0) is 16.6 Å². The molecule has 1 N–H and O–H groups in total. The van der Waals surface area contributed by atoms with E-state index in [1.165, 1.54) is 30.5 Å². The minimum Gasteiger partial charge on any atom is -0.508 e. The number of rotatable bonds is 2. The Bertz CT molecular complexity index is 701. The first kappa shape index (κ1) is 17.4. The topological polar surface area (TPSA) is 40.5 Å². The van der Waals surface area contributed by atoms with Crippen LogP contribution < -0.4 is 0 Å². The third-order valence-corrected chi connectivity index (χ3v) is 7.38. The Hall–Kier alpha value is -1.06. The highest BCUT2D eigenvalue weighted by Crippen LogP contribution is 2.56. The highest BCUT2D eigenvalue weighted by Gasteiger charge is 2.57. The van der Waals surface area contributed by atoms with Gasteiger partial charge in [-0.3, -0.25) is 9.69 Å². The summed E-state index contributed by atoms with van der Waals surface area (Å²) in [6.07, 6.45) is 6.69. The molecular formula is C21H28ClNO2. The summed E-state index contributed by atoms with van der Waals surface area (Å²) in [5.74, 6) is 2.47. The summed E-state index contributed by atoms with van der Waals surface area (Å²) in [7, 11) is 0. The Balaban J connectivity index is 0.00000157. The van der Waals surface area contributed by atoms with Gasteiger partial charge >= 0.3 is 0 Å². The van der Waals surface area contributed by atoms with Crippen molar-refractivity contribution < 1.29 is 9.90 Å². The van der Waals surface area contributed by atoms with Gasteiger partial charge in [0.25, 0.3) is 0 Å². The molecule has 2 saturated carbocycles. The summed E-state index contributed by atoms with van der Waals surface area (Å²) in [5.41, 5.74) is 2.65. The lowest BCUT2D eigenvalue weighted by molar-refractivity contribution is -0.132. The van der Waals surface area contributed by atoms with Gasteiger partial charge in [-0.1, -0.05) is 13.0 Å². The standard InChI is InChI=1S/C21H27NO2.ClH/c1-13-8-18-19-9-15-4-5-16(23)10-17(15)21(18,11-20(13)24)6-7-22(19)12-14-2-3-14;/h4-5,10,13-14,18-19,23H,2-3,6-9,11-12H2,1H3;1H/t13-,18-,19+,21+;/m0./s1. The van der Waals surface area contributed by atoms with E-state index in [2.05, 4.69) is 17.9 Å². The van der Waals surface area contributed by atoms with Gasteiger partial charge in [0.1, 0.15) is 11.5 Å². The zero-order chi connectivity index (χ0) is 16.5. The zero-order valence-corrected chi connectivity index (χ0v) is 15.7. The maximum Gasteiger partial charge on any atom is 0.136 e. The molecular weight excluding hydrogens is 334 g/mol. The van der Waals surface area contributed by atoms with Gasteiger partial charge in [0.2, 0.25) is 0 Å². The minimum absolute atomic E-state index is 0. The number of ketones is 1. The maximum atomic E-state index is 12.6. The summed E-state index contributed by atoms with van der Waals surface area (Å²) in [5, 5.41) is 10.1. The van der Waals surface area contributed by atoms with Crippen LogP contribution in [0, 0.1) is 17.8 Å². The third-order valence-electron chi connectivity index (χ3n) is 7.38. The van der Waals surface area contributed by atoms with Crippen LogP contribution in [0.15, 0.2) is 18.2 Å². The molecule has 2 bridgehead atoms. The van der Waals surface area contributed by atoms with E-state index >= 15 is 0 Å². The van der Waals surface area contributed by atoms with Gasteiger partial charge < -0.3 is 5.11 Å². The lowest BCUT2D eigenvalue weighted by Gasteiger charge is -2.59. The Morgan fingerprint density at radius 3 is 2.88 bits per heavy atom. The fraction of sp³-hybridized carbons (Fsp3) is 0.667. The number of hydrogen-bond acceptors (Lipinski definition) is 3. The van der Waals surface area contributed by atoms with Crippen molar-refractivity contribution in [3.63, 3.8) is 0 Å². The monoisotopic (exact) mass is 361 g/mol. The number of carbonyl (C=O) groups is 1. The van der Waals surface area contributed by atoms with E-state index in [1.54, 1.807) is 0 Å². The van der Waals surface area contributed by atoms with Gasteiger partial charge in [0, 0.05) is 30.3 Å². The Labute approximate surface area is 156 Å². The van der Waals surface area contributed by atoms with E-state index in [1.807, 2.05) is 12.1 Å². The molecule has 3 nitrogen and oxygen atoms in total. The second kappa shape index (κ2) is 5.99. The van der Waals surface area contributed by atoms with E-state index in [9.17, 15) is 9.90 Å². The van der Waals surface area contributed by atoms with E-state index in [0.717, 1.165) is 31.7 Å². The molecule has 0 spiro atoms. The molecule has 1 aromatic carbocycles. The zero-order valence-electron chi connectivity index (χ0n) is 14.9. The molecule has 4 heteroatoms. The SMILES string of the molecule is C[C@H]1C[C@H]2[C@H]3Cc4ccc(O)cc4[C@@]2(CCN3CC2CC2)CC1=O.Cl. The fourth-order valence-electron chi connectivity index (χ4n) is 5.91.